The van der Waals surface area contributed by atoms with Gasteiger partial charge in [-0.3, -0.25) is 4.79 Å². The van der Waals surface area contributed by atoms with Gasteiger partial charge in [0.05, 0.1) is 18.8 Å². The predicted octanol–water partition coefficient (Wildman–Crippen LogP) is 16.4. The minimum atomic E-state index is -1.28. The maximum absolute atomic E-state index is 12.5. The first-order valence-corrected chi connectivity index (χ1v) is 28.4. The summed E-state index contributed by atoms with van der Waals surface area (Å²) >= 11 is 0. The number of rotatable bonds is 52. The number of carbonyl (C=O) groups is 1. The van der Waals surface area contributed by atoms with Gasteiger partial charge >= 0.3 is 0 Å². The molecule has 6 heteroatoms. The van der Waals surface area contributed by atoms with Gasteiger partial charge in [0.25, 0.3) is 0 Å². The lowest BCUT2D eigenvalue weighted by atomic mass is 10.00. The lowest BCUT2D eigenvalue weighted by molar-refractivity contribution is -0.132. The van der Waals surface area contributed by atoms with E-state index < -0.39 is 36.9 Å². The molecule has 0 aliphatic carbocycles. The molecule has 0 rings (SSSR count). The minimum Gasteiger partial charge on any atom is -0.394 e. The quantitative estimate of drug-likeness (QED) is 0.0309. The maximum Gasteiger partial charge on any atom is 0.249 e. The molecule has 0 radical (unpaired) electrons. The van der Waals surface area contributed by atoms with Crippen molar-refractivity contribution in [2.24, 2.45) is 0 Å². The zero-order valence-corrected chi connectivity index (χ0v) is 42.8. The van der Waals surface area contributed by atoms with Crippen LogP contribution in [0.1, 0.15) is 296 Å². The molecular weight excluding hydrogens is 791 g/mol. The molecule has 0 aromatic carbocycles. The number of hydrogen-bond donors (Lipinski definition) is 5. The van der Waals surface area contributed by atoms with Gasteiger partial charge in [-0.05, 0) is 70.6 Å². The van der Waals surface area contributed by atoms with Gasteiger partial charge in [-0.15, -0.1) is 0 Å². The highest BCUT2D eigenvalue weighted by Gasteiger charge is 2.28. The minimum absolute atomic E-state index is 0.364. The smallest absolute Gasteiger partial charge is 0.249 e. The van der Waals surface area contributed by atoms with E-state index in [1.54, 1.807) is 0 Å². The second-order valence-electron chi connectivity index (χ2n) is 19.6. The van der Waals surface area contributed by atoms with E-state index in [4.69, 9.17) is 0 Å². The molecule has 0 fully saturated rings. The van der Waals surface area contributed by atoms with Gasteiger partial charge in [0.1, 0.15) is 12.2 Å². The standard InChI is InChI=1S/C58H111NO5/c1-3-5-7-9-11-13-15-16-17-18-19-20-21-22-23-24-25-26-27-28-29-30-31-32-33-34-35-36-37-38-39-40-41-42-44-46-48-50-52-56(62)58(64)59-54(53-60)57(63)55(61)51-49-47-45-43-14-12-10-8-6-4-2/h25-26,28-29,43,45,54-57,60-63H,3-24,27,30-42,44,46-53H2,1-2H3,(H,59,64)/b26-25-,29-28-,45-43+. The van der Waals surface area contributed by atoms with Crippen molar-refractivity contribution < 1.29 is 25.2 Å². The molecule has 4 atom stereocenters. The molecule has 0 saturated carbocycles. The van der Waals surface area contributed by atoms with Gasteiger partial charge in [-0.2, -0.15) is 0 Å². The molecule has 4 unspecified atom stereocenters. The molecule has 0 aliphatic heterocycles. The van der Waals surface area contributed by atoms with E-state index in [0.717, 1.165) is 44.9 Å². The number of hydrogen-bond acceptors (Lipinski definition) is 5. The fraction of sp³-hybridized carbons (Fsp3) is 0.879. The summed E-state index contributed by atoms with van der Waals surface area (Å²) in [6, 6.07) is -1.00. The number of carbonyl (C=O) groups excluding carboxylic acids is 1. The Morgan fingerprint density at radius 1 is 0.391 bits per heavy atom. The van der Waals surface area contributed by atoms with E-state index in [1.165, 1.54) is 225 Å². The number of unbranched alkanes of at least 4 members (excludes halogenated alkanes) is 37. The van der Waals surface area contributed by atoms with Crippen LogP contribution in [-0.2, 0) is 4.79 Å². The highest BCUT2D eigenvalue weighted by Crippen LogP contribution is 2.17. The third kappa shape index (κ3) is 45.7. The van der Waals surface area contributed by atoms with Gasteiger partial charge in [0, 0.05) is 0 Å². The van der Waals surface area contributed by atoms with Crippen LogP contribution in [0.5, 0.6) is 0 Å². The zero-order chi connectivity index (χ0) is 46.7. The van der Waals surface area contributed by atoms with Crippen molar-refractivity contribution in [2.75, 3.05) is 6.61 Å². The summed E-state index contributed by atoms with van der Waals surface area (Å²) in [5, 5.41) is 43.6. The molecule has 0 heterocycles. The molecule has 5 N–H and O–H groups in total. The van der Waals surface area contributed by atoms with Crippen LogP contribution in [-0.4, -0.2) is 57.3 Å². The van der Waals surface area contributed by atoms with E-state index in [9.17, 15) is 25.2 Å². The molecule has 0 bridgehead atoms. The van der Waals surface area contributed by atoms with E-state index in [-0.39, 0.29) is 0 Å². The Kier molecular flexibility index (Phi) is 51.3. The summed E-state index contributed by atoms with van der Waals surface area (Å²) in [5.41, 5.74) is 0. The van der Waals surface area contributed by atoms with Crippen LogP contribution in [0.3, 0.4) is 0 Å². The Hall–Kier alpha value is -1.47. The second-order valence-corrected chi connectivity index (χ2v) is 19.6. The molecule has 1 amide bonds. The van der Waals surface area contributed by atoms with Gasteiger partial charge in [0.2, 0.25) is 5.91 Å². The highest BCUT2D eigenvalue weighted by atomic mass is 16.3. The Bertz CT molecular complexity index is 1010. The van der Waals surface area contributed by atoms with Crippen molar-refractivity contribution in [1.82, 2.24) is 5.32 Å². The number of aliphatic hydroxyl groups is 4. The largest absolute Gasteiger partial charge is 0.394 e. The van der Waals surface area contributed by atoms with Gasteiger partial charge < -0.3 is 25.7 Å². The van der Waals surface area contributed by atoms with Crippen LogP contribution in [0, 0.1) is 0 Å². The van der Waals surface area contributed by atoms with Crippen molar-refractivity contribution >= 4 is 5.91 Å². The van der Waals surface area contributed by atoms with Crippen LogP contribution >= 0.6 is 0 Å². The van der Waals surface area contributed by atoms with Crippen LogP contribution < -0.4 is 5.32 Å². The number of amides is 1. The van der Waals surface area contributed by atoms with E-state index >= 15 is 0 Å². The highest BCUT2D eigenvalue weighted by molar-refractivity contribution is 5.80. The number of nitrogens with one attached hydrogen (secondary N) is 1. The summed E-state index contributed by atoms with van der Waals surface area (Å²) in [6.45, 7) is 4.02. The third-order valence-corrected chi connectivity index (χ3v) is 13.3. The molecular formula is C58H111NO5. The van der Waals surface area contributed by atoms with Gasteiger partial charge in [0.15, 0.2) is 0 Å². The lowest BCUT2D eigenvalue weighted by Crippen LogP contribution is -2.53. The summed E-state index contributed by atoms with van der Waals surface area (Å²) in [5.74, 6) is -0.593. The lowest BCUT2D eigenvalue weighted by Gasteiger charge is -2.27. The van der Waals surface area contributed by atoms with E-state index in [2.05, 4.69) is 55.6 Å². The Labute approximate surface area is 398 Å². The SMILES string of the molecule is CCCCCCC/C=C/CCCC(O)C(O)C(CO)NC(=O)C(O)CCCCCCCCCCCCCCCCCC/C=C\C/C=C\CCCCCCCCCCCCCCCCC. The fourth-order valence-electron chi connectivity index (χ4n) is 8.85. The first-order chi connectivity index (χ1) is 31.5. The predicted molar refractivity (Wildman–Crippen MR) is 279 cm³/mol. The average Bonchev–Trinajstić information content (AvgIpc) is 3.30. The fourth-order valence-corrected chi connectivity index (χ4v) is 8.85. The molecule has 64 heavy (non-hydrogen) atoms. The van der Waals surface area contributed by atoms with Crippen molar-refractivity contribution in [3.63, 3.8) is 0 Å². The Morgan fingerprint density at radius 3 is 1.03 bits per heavy atom. The molecule has 0 aromatic heterocycles. The molecule has 378 valence electrons. The monoisotopic (exact) mass is 902 g/mol. The van der Waals surface area contributed by atoms with Gasteiger partial charge in [-0.1, -0.05) is 262 Å². The molecule has 6 nitrogen and oxygen atoms in total. The summed E-state index contributed by atoms with van der Waals surface area (Å²) < 4.78 is 0. The van der Waals surface area contributed by atoms with Gasteiger partial charge in [-0.25, -0.2) is 0 Å². The third-order valence-electron chi connectivity index (χ3n) is 13.3. The van der Waals surface area contributed by atoms with Crippen molar-refractivity contribution in [2.45, 2.75) is 321 Å². The van der Waals surface area contributed by atoms with Crippen molar-refractivity contribution in [3.05, 3.63) is 36.5 Å². The molecule has 0 aromatic rings. The van der Waals surface area contributed by atoms with Crippen LogP contribution in [0.4, 0.5) is 0 Å². The average molecular weight is 903 g/mol. The van der Waals surface area contributed by atoms with Crippen molar-refractivity contribution in [3.8, 4) is 0 Å². The summed E-state index contributed by atoms with van der Waals surface area (Å²) in [4.78, 5) is 12.5. The van der Waals surface area contributed by atoms with E-state index in [0.29, 0.717) is 12.8 Å². The summed E-state index contributed by atoms with van der Waals surface area (Å²) in [7, 11) is 0. The first kappa shape index (κ1) is 62.5. The Balaban J connectivity index is 3.51. The number of aliphatic hydroxyl groups excluding tert-OH is 4. The van der Waals surface area contributed by atoms with Crippen LogP contribution in [0.25, 0.3) is 0 Å². The molecule has 0 spiro atoms. The van der Waals surface area contributed by atoms with Crippen molar-refractivity contribution in [1.29, 1.82) is 0 Å². The van der Waals surface area contributed by atoms with E-state index in [1.807, 2.05) is 0 Å². The Morgan fingerprint density at radius 2 is 0.688 bits per heavy atom. The summed E-state index contributed by atoms with van der Waals surface area (Å²) in [6.07, 6.45) is 65.4. The zero-order valence-electron chi connectivity index (χ0n) is 42.8. The normalized spacial score (nSPS) is 14.0. The molecule has 0 saturated heterocycles. The maximum atomic E-state index is 12.5. The topological polar surface area (TPSA) is 110 Å². The number of allylic oxidation sites excluding steroid dienone is 6. The first-order valence-electron chi connectivity index (χ1n) is 28.4. The van der Waals surface area contributed by atoms with Crippen LogP contribution in [0.2, 0.25) is 0 Å². The van der Waals surface area contributed by atoms with Crippen LogP contribution in [0.15, 0.2) is 36.5 Å². The molecule has 0 aliphatic rings. The second kappa shape index (κ2) is 52.5.